The molecule has 4 nitrogen and oxygen atoms in total. The molecule has 0 saturated heterocycles. The van der Waals surface area contributed by atoms with Gasteiger partial charge >= 0.3 is 6.09 Å². The summed E-state index contributed by atoms with van der Waals surface area (Å²) < 4.78 is 5.58. The zero-order chi connectivity index (χ0) is 18.2. The summed E-state index contributed by atoms with van der Waals surface area (Å²) in [5.74, 6) is 0.0651. The molecule has 1 heterocycles. The van der Waals surface area contributed by atoms with Gasteiger partial charge in [0.1, 0.15) is 6.61 Å². The molecule has 3 aromatic carbocycles. The highest BCUT2D eigenvalue weighted by Gasteiger charge is 2.28. The van der Waals surface area contributed by atoms with Crippen molar-refractivity contribution in [2.24, 2.45) is 0 Å². The molecular weight excluding hydrogens is 336 g/mol. The number of carbonyl (C=O) groups excluding carboxylic acids is 1. The van der Waals surface area contributed by atoms with Crippen LogP contribution < -0.4 is 5.32 Å². The number of hydrogen-bond donors (Lipinski definition) is 2. The molecule has 27 heavy (non-hydrogen) atoms. The van der Waals surface area contributed by atoms with Crippen molar-refractivity contribution in [2.75, 3.05) is 11.9 Å². The summed E-state index contributed by atoms with van der Waals surface area (Å²) in [5.41, 5.74) is 6.62. The van der Waals surface area contributed by atoms with Gasteiger partial charge in [-0.15, -0.1) is 0 Å². The first-order valence-electron chi connectivity index (χ1n) is 8.99. The fourth-order valence-corrected chi connectivity index (χ4v) is 3.88. The fourth-order valence-electron chi connectivity index (χ4n) is 3.88. The number of aromatic nitrogens is 1. The number of ether oxygens (including phenoxy) is 1. The summed E-state index contributed by atoms with van der Waals surface area (Å²) in [5, 5.41) is 3.87. The third-order valence-corrected chi connectivity index (χ3v) is 5.14. The Morgan fingerprint density at radius 2 is 1.63 bits per heavy atom. The Morgan fingerprint density at radius 3 is 2.37 bits per heavy atom. The second-order valence-corrected chi connectivity index (χ2v) is 6.73. The number of hydrogen-bond acceptors (Lipinski definition) is 2. The molecule has 1 aromatic heterocycles. The number of carbonyl (C=O) groups is 1. The molecule has 2 N–H and O–H groups in total. The van der Waals surface area contributed by atoms with Crippen molar-refractivity contribution in [2.45, 2.75) is 5.92 Å². The highest BCUT2D eigenvalue weighted by Crippen LogP contribution is 2.44. The van der Waals surface area contributed by atoms with Crippen LogP contribution >= 0.6 is 0 Å². The average molecular weight is 354 g/mol. The van der Waals surface area contributed by atoms with E-state index in [2.05, 4.69) is 34.6 Å². The number of H-pyrrole nitrogens is 1. The summed E-state index contributed by atoms with van der Waals surface area (Å²) in [4.78, 5) is 15.5. The van der Waals surface area contributed by atoms with E-state index in [4.69, 9.17) is 4.74 Å². The van der Waals surface area contributed by atoms with Crippen molar-refractivity contribution in [1.29, 1.82) is 0 Å². The number of benzene rings is 3. The van der Waals surface area contributed by atoms with Gasteiger partial charge in [0.25, 0.3) is 0 Å². The van der Waals surface area contributed by atoms with Crippen LogP contribution in [0.4, 0.5) is 10.5 Å². The fraction of sp³-hybridized carbons (Fsp3) is 0.0870. The van der Waals surface area contributed by atoms with Gasteiger partial charge in [0, 0.05) is 28.7 Å². The molecule has 0 atom stereocenters. The molecule has 132 valence electrons. The molecule has 5 rings (SSSR count). The Balaban J connectivity index is 1.33. The predicted octanol–water partition coefficient (Wildman–Crippen LogP) is 5.53. The van der Waals surface area contributed by atoms with E-state index < -0.39 is 6.09 Å². The quantitative estimate of drug-likeness (QED) is 0.508. The van der Waals surface area contributed by atoms with Crippen molar-refractivity contribution in [3.05, 3.63) is 90.1 Å². The van der Waals surface area contributed by atoms with E-state index in [1.54, 1.807) is 0 Å². The first-order chi connectivity index (χ1) is 13.3. The maximum Gasteiger partial charge on any atom is 0.411 e. The minimum absolute atomic E-state index is 0.0651. The van der Waals surface area contributed by atoms with Gasteiger partial charge in [-0.2, -0.15) is 0 Å². The smallest absolute Gasteiger partial charge is 0.411 e. The van der Waals surface area contributed by atoms with Gasteiger partial charge in [-0.05, 0) is 46.5 Å². The van der Waals surface area contributed by atoms with Crippen LogP contribution in [0.1, 0.15) is 17.0 Å². The van der Waals surface area contributed by atoms with E-state index in [-0.39, 0.29) is 5.92 Å². The lowest BCUT2D eigenvalue weighted by molar-refractivity contribution is 0.158. The monoisotopic (exact) mass is 354 g/mol. The van der Waals surface area contributed by atoms with Gasteiger partial charge < -0.3 is 9.72 Å². The van der Waals surface area contributed by atoms with Gasteiger partial charge in [0.05, 0.1) is 0 Å². The number of amides is 1. The second kappa shape index (κ2) is 6.32. The van der Waals surface area contributed by atoms with Crippen LogP contribution in [0.25, 0.3) is 22.0 Å². The lowest BCUT2D eigenvalue weighted by Gasteiger charge is -2.14. The normalized spacial score (nSPS) is 12.6. The molecule has 1 aliphatic carbocycles. The van der Waals surface area contributed by atoms with Crippen molar-refractivity contribution < 1.29 is 9.53 Å². The van der Waals surface area contributed by atoms with Crippen molar-refractivity contribution >= 4 is 22.7 Å². The lowest BCUT2D eigenvalue weighted by Crippen LogP contribution is -2.17. The number of nitrogens with one attached hydrogen (secondary N) is 2. The minimum atomic E-state index is -0.438. The van der Waals surface area contributed by atoms with Gasteiger partial charge in [-0.1, -0.05) is 48.5 Å². The summed E-state index contributed by atoms with van der Waals surface area (Å²) in [6, 6.07) is 24.3. The van der Waals surface area contributed by atoms with E-state index in [1.165, 1.54) is 22.3 Å². The van der Waals surface area contributed by atoms with Crippen LogP contribution in [0.5, 0.6) is 0 Å². The number of anilines is 1. The van der Waals surface area contributed by atoms with Crippen LogP contribution in [0.15, 0.2) is 79.0 Å². The predicted molar refractivity (Wildman–Crippen MR) is 107 cm³/mol. The summed E-state index contributed by atoms with van der Waals surface area (Å²) in [6.45, 7) is 0.312. The third-order valence-electron chi connectivity index (χ3n) is 5.14. The van der Waals surface area contributed by atoms with E-state index >= 15 is 0 Å². The highest BCUT2D eigenvalue weighted by molar-refractivity contribution is 5.90. The molecule has 0 unspecified atom stereocenters. The van der Waals surface area contributed by atoms with E-state index in [9.17, 15) is 4.79 Å². The lowest BCUT2D eigenvalue weighted by atomic mass is 9.98. The molecule has 1 aliphatic rings. The molecule has 0 saturated carbocycles. The number of rotatable bonds is 3. The molecule has 0 aliphatic heterocycles. The first kappa shape index (κ1) is 15.7. The molecular formula is C23H18N2O2. The van der Waals surface area contributed by atoms with E-state index in [0.717, 1.165) is 16.6 Å². The summed E-state index contributed by atoms with van der Waals surface area (Å²) in [7, 11) is 0. The number of aromatic amines is 1. The van der Waals surface area contributed by atoms with Crippen molar-refractivity contribution in [3.63, 3.8) is 0 Å². The second-order valence-electron chi connectivity index (χ2n) is 6.73. The molecule has 0 spiro atoms. The Labute approximate surface area is 156 Å². The summed E-state index contributed by atoms with van der Waals surface area (Å²) in [6.07, 6.45) is 1.44. The Bertz CT molecular complexity index is 1100. The molecule has 4 aromatic rings. The maximum atomic E-state index is 12.3. The standard InChI is InChI=1S/C23H18N2O2/c26-23(25-16-9-10-22-15(13-16)11-12-24-22)27-14-21-19-7-3-1-5-17(19)18-6-2-4-8-20(18)21/h1-13,21,24H,14H2,(H,25,26). The minimum Gasteiger partial charge on any atom is -0.448 e. The third kappa shape index (κ3) is 2.75. The van der Waals surface area contributed by atoms with Crippen molar-refractivity contribution in [3.8, 4) is 11.1 Å². The SMILES string of the molecule is O=C(Nc1ccc2[nH]ccc2c1)OCC1c2ccccc2-c2ccccc21. The molecule has 0 radical (unpaired) electrons. The Kier molecular flexibility index (Phi) is 3.68. The van der Waals surface area contributed by atoms with Gasteiger partial charge in [-0.3, -0.25) is 5.32 Å². The summed E-state index contributed by atoms with van der Waals surface area (Å²) >= 11 is 0. The van der Waals surface area contributed by atoms with E-state index in [0.29, 0.717) is 6.61 Å². The molecule has 0 bridgehead atoms. The highest BCUT2D eigenvalue weighted by atomic mass is 16.5. The molecule has 1 amide bonds. The Hall–Kier alpha value is -3.53. The van der Waals surface area contributed by atoms with Crippen LogP contribution in [0, 0.1) is 0 Å². The largest absolute Gasteiger partial charge is 0.448 e. The van der Waals surface area contributed by atoms with Gasteiger partial charge in [0.15, 0.2) is 0 Å². The van der Waals surface area contributed by atoms with Crippen molar-refractivity contribution in [1.82, 2.24) is 4.98 Å². The van der Waals surface area contributed by atoms with E-state index in [1.807, 2.05) is 54.7 Å². The van der Waals surface area contributed by atoms with Crippen LogP contribution in [0.2, 0.25) is 0 Å². The topological polar surface area (TPSA) is 54.1 Å². The number of fused-ring (bicyclic) bond motifs is 4. The van der Waals surface area contributed by atoms with Gasteiger partial charge in [-0.25, -0.2) is 4.79 Å². The average Bonchev–Trinajstić information content (AvgIpc) is 3.28. The van der Waals surface area contributed by atoms with Crippen LogP contribution in [0.3, 0.4) is 0 Å². The van der Waals surface area contributed by atoms with Crippen LogP contribution in [-0.2, 0) is 4.74 Å². The zero-order valence-corrected chi connectivity index (χ0v) is 14.6. The Morgan fingerprint density at radius 1 is 0.926 bits per heavy atom. The molecule has 0 fully saturated rings. The first-order valence-corrected chi connectivity index (χ1v) is 8.99. The van der Waals surface area contributed by atoms with Gasteiger partial charge in [0.2, 0.25) is 0 Å². The van der Waals surface area contributed by atoms with Crippen LogP contribution in [-0.4, -0.2) is 17.7 Å². The maximum absolute atomic E-state index is 12.3. The molecule has 4 heteroatoms. The zero-order valence-electron chi connectivity index (χ0n) is 14.6.